The number of benzene rings is 1. The van der Waals surface area contributed by atoms with E-state index in [4.69, 9.17) is 5.73 Å². The third-order valence-corrected chi connectivity index (χ3v) is 3.77. The number of rotatable bonds is 3. The summed E-state index contributed by atoms with van der Waals surface area (Å²) in [5.41, 5.74) is 4.68. The van der Waals surface area contributed by atoms with E-state index in [1.807, 2.05) is 0 Å². The second-order valence-corrected chi connectivity index (χ2v) is 4.90. The molecule has 1 aromatic rings. The maximum Gasteiger partial charge on any atom is 0.416 e. The largest absolute Gasteiger partial charge is 0.416 e. The standard InChI is InChI=1S/C13H15F4N/c14-11-7-9(6-10(8-11)13(15,16)17)12(4-5-18)2-1-3-12/h6-8H,1-5,18H2. The lowest BCUT2D eigenvalue weighted by molar-refractivity contribution is -0.137. The summed E-state index contributed by atoms with van der Waals surface area (Å²) in [6.45, 7) is 0.401. The van der Waals surface area contributed by atoms with Gasteiger partial charge in [-0.2, -0.15) is 13.2 Å². The average Bonchev–Trinajstić information content (AvgIpc) is 2.21. The van der Waals surface area contributed by atoms with Gasteiger partial charge in [0.2, 0.25) is 0 Å². The Morgan fingerprint density at radius 3 is 2.28 bits per heavy atom. The van der Waals surface area contributed by atoms with E-state index < -0.39 is 17.6 Å². The minimum Gasteiger partial charge on any atom is -0.330 e. The molecular formula is C13H15F4N. The van der Waals surface area contributed by atoms with Crippen LogP contribution in [0.15, 0.2) is 18.2 Å². The van der Waals surface area contributed by atoms with Gasteiger partial charge in [0.15, 0.2) is 0 Å². The molecule has 0 aromatic heterocycles. The van der Waals surface area contributed by atoms with Crippen LogP contribution in [-0.4, -0.2) is 6.54 Å². The highest BCUT2D eigenvalue weighted by atomic mass is 19.4. The monoisotopic (exact) mass is 261 g/mol. The summed E-state index contributed by atoms with van der Waals surface area (Å²) in [6, 6.07) is 2.82. The van der Waals surface area contributed by atoms with Crippen molar-refractivity contribution in [3.05, 3.63) is 35.1 Å². The number of halogens is 4. The van der Waals surface area contributed by atoms with Gasteiger partial charge in [0.25, 0.3) is 0 Å². The maximum absolute atomic E-state index is 13.4. The molecule has 0 amide bonds. The van der Waals surface area contributed by atoms with E-state index >= 15 is 0 Å². The number of hydrogen-bond acceptors (Lipinski definition) is 1. The minimum atomic E-state index is -4.51. The Balaban J connectivity index is 2.42. The molecule has 0 bridgehead atoms. The molecule has 100 valence electrons. The Labute approximate surface area is 103 Å². The Kier molecular flexibility index (Phi) is 3.36. The first-order chi connectivity index (χ1) is 8.37. The van der Waals surface area contributed by atoms with Crippen LogP contribution in [-0.2, 0) is 11.6 Å². The molecule has 1 aliphatic carbocycles. The van der Waals surface area contributed by atoms with Crippen molar-refractivity contribution in [3.8, 4) is 0 Å². The fraction of sp³-hybridized carbons (Fsp3) is 0.538. The Morgan fingerprint density at radius 2 is 1.83 bits per heavy atom. The quantitative estimate of drug-likeness (QED) is 0.826. The molecule has 1 saturated carbocycles. The smallest absolute Gasteiger partial charge is 0.330 e. The van der Waals surface area contributed by atoms with Crippen LogP contribution in [0.1, 0.15) is 36.8 Å². The Hall–Kier alpha value is -1.10. The van der Waals surface area contributed by atoms with Gasteiger partial charge >= 0.3 is 6.18 Å². The predicted octanol–water partition coefficient (Wildman–Crippen LogP) is 3.62. The van der Waals surface area contributed by atoms with Crippen LogP contribution in [0.4, 0.5) is 17.6 Å². The summed E-state index contributed by atoms with van der Waals surface area (Å²) in [5, 5.41) is 0. The van der Waals surface area contributed by atoms with Crippen molar-refractivity contribution < 1.29 is 17.6 Å². The lowest BCUT2D eigenvalue weighted by Gasteiger charge is -2.42. The molecular weight excluding hydrogens is 246 g/mol. The molecule has 2 rings (SSSR count). The number of alkyl halides is 3. The molecule has 2 N–H and O–H groups in total. The zero-order valence-electron chi connectivity index (χ0n) is 9.86. The summed E-state index contributed by atoms with van der Waals surface area (Å²) >= 11 is 0. The van der Waals surface area contributed by atoms with Crippen molar-refractivity contribution >= 4 is 0 Å². The van der Waals surface area contributed by atoms with Crippen molar-refractivity contribution in [1.82, 2.24) is 0 Å². The number of hydrogen-bond donors (Lipinski definition) is 1. The van der Waals surface area contributed by atoms with Gasteiger partial charge in [0.05, 0.1) is 5.56 Å². The molecule has 0 radical (unpaired) electrons. The Morgan fingerprint density at radius 1 is 1.17 bits per heavy atom. The molecule has 0 saturated heterocycles. The van der Waals surface area contributed by atoms with Gasteiger partial charge in [-0.05, 0) is 55.0 Å². The number of nitrogens with two attached hydrogens (primary N) is 1. The van der Waals surface area contributed by atoms with E-state index in [0.717, 1.165) is 25.3 Å². The second kappa shape index (κ2) is 4.53. The zero-order valence-corrected chi connectivity index (χ0v) is 9.86. The molecule has 1 aliphatic rings. The molecule has 0 spiro atoms. The fourth-order valence-electron chi connectivity index (χ4n) is 2.62. The van der Waals surface area contributed by atoms with Gasteiger partial charge in [-0.3, -0.25) is 0 Å². The summed E-state index contributed by atoms with van der Waals surface area (Å²) in [7, 11) is 0. The van der Waals surface area contributed by atoms with Gasteiger partial charge < -0.3 is 5.73 Å². The van der Waals surface area contributed by atoms with Crippen LogP contribution in [0.5, 0.6) is 0 Å². The molecule has 18 heavy (non-hydrogen) atoms. The first kappa shape index (κ1) is 13.3. The maximum atomic E-state index is 13.4. The molecule has 0 atom stereocenters. The molecule has 0 aliphatic heterocycles. The first-order valence-electron chi connectivity index (χ1n) is 5.96. The van der Waals surface area contributed by atoms with Crippen LogP contribution in [0.2, 0.25) is 0 Å². The van der Waals surface area contributed by atoms with E-state index in [-0.39, 0.29) is 5.41 Å². The van der Waals surface area contributed by atoms with Gasteiger partial charge in [-0.25, -0.2) is 4.39 Å². The topological polar surface area (TPSA) is 26.0 Å². The van der Waals surface area contributed by atoms with Crippen LogP contribution < -0.4 is 5.73 Å². The molecule has 1 fully saturated rings. The van der Waals surface area contributed by atoms with Gasteiger partial charge in [0, 0.05) is 0 Å². The van der Waals surface area contributed by atoms with E-state index in [2.05, 4.69) is 0 Å². The van der Waals surface area contributed by atoms with Gasteiger partial charge in [-0.1, -0.05) is 6.42 Å². The summed E-state index contributed by atoms with van der Waals surface area (Å²) in [4.78, 5) is 0. The molecule has 1 aromatic carbocycles. The van der Waals surface area contributed by atoms with Crippen LogP contribution in [0.25, 0.3) is 0 Å². The lowest BCUT2D eigenvalue weighted by atomic mass is 9.62. The predicted molar refractivity (Wildman–Crippen MR) is 60.6 cm³/mol. The summed E-state index contributed by atoms with van der Waals surface area (Å²) < 4.78 is 51.3. The van der Waals surface area contributed by atoms with Gasteiger partial charge in [-0.15, -0.1) is 0 Å². The second-order valence-electron chi connectivity index (χ2n) is 4.90. The van der Waals surface area contributed by atoms with Crippen LogP contribution in [0.3, 0.4) is 0 Å². The third-order valence-electron chi connectivity index (χ3n) is 3.77. The van der Waals surface area contributed by atoms with Crippen molar-refractivity contribution in [2.24, 2.45) is 5.73 Å². The van der Waals surface area contributed by atoms with Crippen molar-refractivity contribution in [3.63, 3.8) is 0 Å². The molecule has 1 nitrogen and oxygen atoms in total. The van der Waals surface area contributed by atoms with Crippen LogP contribution in [0, 0.1) is 5.82 Å². The highest BCUT2D eigenvalue weighted by Gasteiger charge is 2.40. The fourth-order valence-corrected chi connectivity index (χ4v) is 2.62. The molecule has 0 unspecified atom stereocenters. The van der Waals surface area contributed by atoms with Crippen molar-refractivity contribution in [2.45, 2.75) is 37.3 Å². The van der Waals surface area contributed by atoms with E-state index in [0.29, 0.717) is 24.6 Å². The van der Waals surface area contributed by atoms with E-state index in [1.54, 1.807) is 0 Å². The molecule has 5 heteroatoms. The van der Waals surface area contributed by atoms with Crippen LogP contribution >= 0.6 is 0 Å². The van der Waals surface area contributed by atoms with E-state index in [9.17, 15) is 17.6 Å². The third kappa shape index (κ3) is 2.36. The minimum absolute atomic E-state index is 0.350. The average molecular weight is 261 g/mol. The van der Waals surface area contributed by atoms with Crippen molar-refractivity contribution in [1.29, 1.82) is 0 Å². The summed E-state index contributed by atoms with van der Waals surface area (Å²) in [6.07, 6.45) is -1.38. The van der Waals surface area contributed by atoms with Crippen molar-refractivity contribution in [2.75, 3.05) is 6.54 Å². The Bertz CT molecular complexity index is 435. The first-order valence-corrected chi connectivity index (χ1v) is 5.96. The molecule has 0 heterocycles. The van der Waals surface area contributed by atoms with Gasteiger partial charge in [0.1, 0.15) is 5.82 Å². The lowest BCUT2D eigenvalue weighted by Crippen LogP contribution is -2.36. The highest BCUT2D eigenvalue weighted by Crippen LogP contribution is 2.47. The van der Waals surface area contributed by atoms with E-state index in [1.165, 1.54) is 6.07 Å². The highest BCUT2D eigenvalue weighted by molar-refractivity contribution is 5.34. The zero-order chi connectivity index (χ0) is 13.4. The summed E-state index contributed by atoms with van der Waals surface area (Å²) in [5.74, 6) is -0.830. The normalized spacial score (nSPS) is 18.5. The SMILES string of the molecule is NCCC1(c2cc(F)cc(C(F)(F)F)c2)CCC1.